The van der Waals surface area contributed by atoms with Crippen LogP contribution >= 0.6 is 0 Å². The number of imidazole rings is 1. The molecule has 2 saturated heterocycles. The van der Waals surface area contributed by atoms with Crippen molar-refractivity contribution >= 4 is 22.9 Å². The van der Waals surface area contributed by atoms with E-state index in [0.717, 1.165) is 62.9 Å². The van der Waals surface area contributed by atoms with E-state index in [4.69, 9.17) is 5.73 Å². The lowest BCUT2D eigenvalue weighted by Gasteiger charge is -2.42. The van der Waals surface area contributed by atoms with Gasteiger partial charge < -0.3 is 20.5 Å². The number of likely N-dealkylation sites (tertiary alicyclic amines) is 2. The van der Waals surface area contributed by atoms with Crippen LogP contribution in [0, 0.1) is 0 Å². The summed E-state index contributed by atoms with van der Waals surface area (Å²) in [5, 5.41) is 0. The Morgan fingerprint density at radius 1 is 0.968 bits per heavy atom. The number of aromatic amines is 1. The zero-order valence-corrected chi connectivity index (χ0v) is 17.4. The van der Waals surface area contributed by atoms with Crippen molar-refractivity contribution in [3.8, 4) is 0 Å². The zero-order chi connectivity index (χ0) is 21.4. The van der Waals surface area contributed by atoms with E-state index in [1.165, 1.54) is 12.4 Å². The number of hydrogen-bond donors (Lipinski definition) is 2. The van der Waals surface area contributed by atoms with Crippen LogP contribution < -0.4 is 11.4 Å². The fourth-order valence-corrected chi connectivity index (χ4v) is 5.01. The number of benzene rings is 1. The molecule has 5 rings (SSSR count). The summed E-state index contributed by atoms with van der Waals surface area (Å²) in [7, 11) is 0. The number of nitrogens with one attached hydrogen (secondary N) is 1. The highest BCUT2D eigenvalue weighted by Crippen LogP contribution is 2.28. The molecule has 3 N–H and O–H groups in total. The van der Waals surface area contributed by atoms with Crippen LogP contribution in [-0.2, 0) is 0 Å². The second-order valence-electron chi connectivity index (χ2n) is 8.44. The molecule has 2 aromatic heterocycles. The summed E-state index contributed by atoms with van der Waals surface area (Å²) in [5.41, 5.74) is 7.87. The molecule has 2 aliphatic heterocycles. The number of fused-ring (bicyclic) bond motifs is 1. The number of nitrogens with zero attached hydrogens (tertiary/aromatic N) is 5. The van der Waals surface area contributed by atoms with Gasteiger partial charge in [0.1, 0.15) is 0 Å². The van der Waals surface area contributed by atoms with Crippen molar-refractivity contribution in [2.24, 2.45) is 0 Å². The first-order valence-corrected chi connectivity index (χ1v) is 10.9. The lowest BCUT2D eigenvalue weighted by molar-refractivity contribution is 0.0557. The average molecular weight is 422 g/mol. The third-order valence-electron chi connectivity index (χ3n) is 6.68. The largest absolute Gasteiger partial charge is 0.368 e. The number of H-pyrrole nitrogens is 1. The molecule has 9 heteroatoms. The van der Waals surface area contributed by atoms with E-state index < -0.39 is 0 Å². The van der Waals surface area contributed by atoms with Gasteiger partial charge in [0, 0.05) is 50.7 Å². The van der Waals surface area contributed by atoms with Gasteiger partial charge in [-0.2, -0.15) is 0 Å². The quantitative estimate of drug-likeness (QED) is 0.665. The third-order valence-corrected chi connectivity index (χ3v) is 6.68. The number of nitrogens with two attached hydrogens (primary N) is 1. The van der Waals surface area contributed by atoms with Gasteiger partial charge >= 0.3 is 5.69 Å². The number of anilines is 1. The van der Waals surface area contributed by atoms with Crippen LogP contribution in [-0.4, -0.2) is 67.4 Å². The molecule has 2 fully saturated rings. The fraction of sp³-hybridized carbons (Fsp3) is 0.455. The number of carbonyl (C=O) groups is 1. The SMILES string of the molecule is Nc1ncc(C(=O)N2CCC(N3CCC(n4c(=O)[nH]c5ccccc54)CC3)CC2)cn1. The van der Waals surface area contributed by atoms with Gasteiger partial charge in [-0.1, -0.05) is 12.1 Å². The highest BCUT2D eigenvalue weighted by Gasteiger charge is 2.31. The Morgan fingerprint density at radius 3 is 2.32 bits per heavy atom. The normalized spacial score (nSPS) is 19.2. The Morgan fingerprint density at radius 2 is 1.61 bits per heavy atom. The standard InChI is InChI=1S/C22H27N7O2/c23-21-24-13-15(14-25-21)20(30)28-11-5-16(6-12-28)27-9-7-17(8-10-27)29-19-4-2-1-3-18(19)26-22(29)31/h1-4,13-14,16-17H,5-12H2,(H,26,31)(H2,23,24,25). The number of rotatable bonds is 3. The molecule has 0 unspecified atom stereocenters. The minimum atomic E-state index is -0.0316. The number of aromatic nitrogens is 4. The molecule has 0 saturated carbocycles. The van der Waals surface area contributed by atoms with Crippen LogP contribution in [0.1, 0.15) is 42.1 Å². The molecule has 162 valence electrons. The van der Waals surface area contributed by atoms with Crippen molar-refractivity contribution in [2.45, 2.75) is 37.8 Å². The van der Waals surface area contributed by atoms with Crippen LogP contribution in [0.15, 0.2) is 41.5 Å². The maximum atomic E-state index is 12.7. The van der Waals surface area contributed by atoms with Gasteiger partial charge in [0.05, 0.1) is 16.6 Å². The topological polar surface area (TPSA) is 113 Å². The van der Waals surface area contributed by atoms with Gasteiger partial charge in [0.25, 0.3) is 5.91 Å². The fourth-order valence-electron chi connectivity index (χ4n) is 5.01. The van der Waals surface area contributed by atoms with Crippen molar-refractivity contribution in [2.75, 3.05) is 31.9 Å². The lowest BCUT2D eigenvalue weighted by Crippen LogP contribution is -2.49. The Bertz CT molecular complexity index is 1120. The van der Waals surface area contributed by atoms with E-state index in [0.29, 0.717) is 11.6 Å². The van der Waals surface area contributed by atoms with E-state index in [9.17, 15) is 9.59 Å². The van der Waals surface area contributed by atoms with Gasteiger partial charge in [-0.15, -0.1) is 0 Å². The Hall–Kier alpha value is -3.20. The zero-order valence-electron chi connectivity index (χ0n) is 17.4. The molecule has 0 spiro atoms. The van der Waals surface area contributed by atoms with Crippen LogP contribution in [0.25, 0.3) is 11.0 Å². The van der Waals surface area contributed by atoms with Gasteiger partial charge in [-0.05, 0) is 37.8 Å². The minimum Gasteiger partial charge on any atom is -0.368 e. The predicted molar refractivity (Wildman–Crippen MR) is 118 cm³/mol. The van der Waals surface area contributed by atoms with Crippen molar-refractivity contribution < 1.29 is 4.79 Å². The monoisotopic (exact) mass is 421 g/mol. The van der Waals surface area contributed by atoms with Crippen molar-refractivity contribution in [1.82, 2.24) is 29.3 Å². The summed E-state index contributed by atoms with van der Waals surface area (Å²) in [6, 6.07) is 8.60. The van der Waals surface area contributed by atoms with Crippen LogP contribution in [0.3, 0.4) is 0 Å². The molecule has 1 aromatic carbocycles. The molecule has 2 aliphatic rings. The number of nitrogen functional groups attached to an aromatic ring is 1. The Kier molecular flexibility index (Phi) is 5.19. The van der Waals surface area contributed by atoms with Crippen LogP contribution in [0.2, 0.25) is 0 Å². The molecule has 1 amide bonds. The number of piperidine rings is 2. The molecule has 0 aliphatic carbocycles. The summed E-state index contributed by atoms with van der Waals surface area (Å²) >= 11 is 0. The maximum absolute atomic E-state index is 12.7. The lowest BCUT2D eigenvalue weighted by atomic mass is 9.97. The van der Waals surface area contributed by atoms with Crippen molar-refractivity contribution in [3.05, 3.63) is 52.7 Å². The van der Waals surface area contributed by atoms with E-state index in [1.807, 2.05) is 33.7 Å². The molecular formula is C22H27N7O2. The first kappa shape index (κ1) is 19.7. The summed E-state index contributed by atoms with van der Waals surface area (Å²) < 4.78 is 1.93. The smallest absolute Gasteiger partial charge is 0.326 e. The van der Waals surface area contributed by atoms with Crippen molar-refractivity contribution in [1.29, 1.82) is 0 Å². The molecular weight excluding hydrogens is 394 g/mol. The second-order valence-corrected chi connectivity index (χ2v) is 8.44. The van der Waals surface area contributed by atoms with Gasteiger partial charge in [0.15, 0.2) is 0 Å². The van der Waals surface area contributed by atoms with E-state index >= 15 is 0 Å². The summed E-state index contributed by atoms with van der Waals surface area (Å²) in [4.78, 5) is 40.4. The molecule has 3 aromatic rings. The first-order chi connectivity index (χ1) is 15.1. The average Bonchev–Trinajstić information content (AvgIpc) is 3.15. The van der Waals surface area contributed by atoms with Gasteiger partial charge in [-0.3, -0.25) is 9.36 Å². The highest BCUT2D eigenvalue weighted by atomic mass is 16.2. The molecule has 0 atom stereocenters. The van der Waals surface area contributed by atoms with Gasteiger partial charge in [-0.25, -0.2) is 14.8 Å². The predicted octanol–water partition coefficient (Wildman–Crippen LogP) is 1.64. The first-order valence-electron chi connectivity index (χ1n) is 10.9. The number of hydrogen-bond acceptors (Lipinski definition) is 6. The summed E-state index contributed by atoms with van der Waals surface area (Å²) in [6.07, 6.45) is 6.83. The van der Waals surface area contributed by atoms with Crippen LogP contribution in [0.5, 0.6) is 0 Å². The van der Waals surface area contributed by atoms with E-state index in [1.54, 1.807) is 0 Å². The van der Waals surface area contributed by atoms with Gasteiger partial charge in [0.2, 0.25) is 5.95 Å². The molecule has 31 heavy (non-hydrogen) atoms. The number of amides is 1. The third kappa shape index (κ3) is 3.81. The molecule has 0 radical (unpaired) electrons. The maximum Gasteiger partial charge on any atom is 0.326 e. The van der Waals surface area contributed by atoms with E-state index in [-0.39, 0.29) is 23.6 Å². The number of carbonyl (C=O) groups excluding carboxylic acids is 1. The van der Waals surface area contributed by atoms with E-state index in [2.05, 4.69) is 19.9 Å². The Labute approximate surface area is 179 Å². The second kappa shape index (κ2) is 8.14. The number of para-hydroxylation sites is 2. The molecule has 9 nitrogen and oxygen atoms in total. The Balaban J connectivity index is 1.18. The van der Waals surface area contributed by atoms with Crippen LogP contribution in [0.4, 0.5) is 5.95 Å². The molecule has 0 bridgehead atoms. The molecule has 4 heterocycles. The minimum absolute atomic E-state index is 0.0156. The summed E-state index contributed by atoms with van der Waals surface area (Å²) in [5.74, 6) is 0.143. The van der Waals surface area contributed by atoms with Crippen molar-refractivity contribution in [3.63, 3.8) is 0 Å². The summed E-state index contributed by atoms with van der Waals surface area (Å²) in [6.45, 7) is 3.41. The highest BCUT2D eigenvalue weighted by molar-refractivity contribution is 5.93.